The molecule has 2 fully saturated rings. The normalized spacial score (nSPS) is 27.3. The van der Waals surface area contributed by atoms with Gasteiger partial charge >= 0.3 is 0 Å². The van der Waals surface area contributed by atoms with Gasteiger partial charge in [-0.25, -0.2) is 0 Å². The maximum absolute atomic E-state index is 12.2. The number of rotatable bonds is 4. The summed E-state index contributed by atoms with van der Waals surface area (Å²) >= 11 is 0. The molecule has 2 rings (SSSR count). The Bertz CT molecular complexity index is 327. The highest BCUT2D eigenvalue weighted by atomic mass is 16.7. The lowest BCUT2D eigenvalue weighted by molar-refractivity contribution is -0.303. The third kappa shape index (κ3) is 2.52. The summed E-state index contributed by atoms with van der Waals surface area (Å²) in [7, 11) is 0. The summed E-state index contributed by atoms with van der Waals surface area (Å²) in [5.74, 6) is -0.188. The molecule has 0 amide bonds. The van der Waals surface area contributed by atoms with Crippen molar-refractivity contribution < 1.29 is 14.3 Å². The summed E-state index contributed by atoms with van der Waals surface area (Å²) in [5, 5.41) is 0. The van der Waals surface area contributed by atoms with E-state index in [1.165, 1.54) is 0 Å². The first-order valence-electron chi connectivity index (χ1n) is 6.96. The van der Waals surface area contributed by atoms with Gasteiger partial charge in [-0.1, -0.05) is 19.9 Å². The molecule has 0 aromatic carbocycles. The molecular weight excluding hydrogens is 228 g/mol. The SMILES string of the molecule is C=CCC(=O)C(C)(C)[C@@H]1CCOC2(CCCC2)O1. The molecule has 0 bridgehead atoms. The molecule has 0 radical (unpaired) electrons. The number of carbonyl (C=O) groups is 1. The second-order valence-electron chi connectivity index (χ2n) is 6.00. The van der Waals surface area contributed by atoms with E-state index in [4.69, 9.17) is 9.47 Å². The van der Waals surface area contributed by atoms with Crippen LogP contribution in [0, 0.1) is 5.41 Å². The Morgan fingerprint density at radius 2 is 2.11 bits per heavy atom. The number of ether oxygens (including phenoxy) is 2. The van der Waals surface area contributed by atoms with E-state index < -0.39 is 11.2 Å². The van der Waals surface area contributed by atoms with Gasteiger partial charge < -0.3 is 9.47 Å². The summed E-state index contributed by atoms with van der Waals surface area (Å²) < 4.78 is 12.0. The van der Waals surface area contributed by atoms with Crippen molar-refractivity contribution in [2.75, 3.05) is 6.61 Å². The van der Waals surface area contributed by atoms with Crippen LogP contribution in [0.4, 0.5) is 0 Å². The minimum Gasteiger partial charge on any atom is -0.350 e. The van der Waals surface area contributed by atoms with Crippen LogP contribution >= 0.6 is 0 Å². The Labute approximate surface area is 110 Å². The van der Waals surface area contributed by atoms with Crippen LogP contribution in [0.15, 0.2) is 12.7 Å². The quantitative estimate of drug-likeness (QED) is 0.721. The number of carbonyl (C=O) groups excluding carboxylic acids is 1. The van der Waals surface area contributed by atoms with Crippen LogP contribution in [0.2, 0.25) is 0 Å². The van der Waals surface area contributed by atoms with Crippen LogP contribution in [-0.4, -0.2) is 24.3 Å². The van der Waals surface area contributed by atoms with Gasteiger partial charge in [0.1, 0.15) is 5.78 Å². The van der Waals surface area contributed by atoms with Crippen molar-refractivity contribution in [3.63, 3.8) is 0 Å². The fraction of sp³-hybridized carbons (Fsp3) is 0.800. The topological polar surface area (TPSA) is 35.5 Å². The van der Waals surface area contributed by atoms with Crippen LogP contribution in [0.1, 0.15) is 52.4 Å². The molecule has 0 aromatic heterocycles. The lowest BCUT2D eigenvalue weighted by atomic mass is 9.78. The average Bonchev–Trinajstić information content (AvgIpc) is 2.77. The van der Waals surface area contributed by atoms with Crippen molar-refractivity contribution in [2.45, 2.75) is 64.3 Å². The molecule has 1 atom stereocenters. The largest absolute Gasteiger partial charge is 0.350 e. The molecule has 102 valence electrons. The molecule has 0 aromatic rings. The van der Waals surface area contributed by atoms with Crippen LogP contribution < -0.4 is 0 Å². The zero-order valence-corrected chi connectivity index (χ0v) is 11.5. The Balaban J connectivity index is 2.07. The van der Waals surface area contributed by atoms with Crippen molar-refractivity contribution >= 4 is 5.78 Å². The molecule has 3 nitrogen and oxygen atoms in total. The maximum Gasteiger partial charge on any atom is 0.168 e. The van der Waals surface area contributed by atoms with Crippen LogP contribution in [0.25, 0.3) is 0 Å². The van der Waals surface area contributed by atoms with Crippen molar-refractivity contribution in [1.82, 2.24) is 0 Å². The minimum atomic E-state index is -0.451. The van der Waals surface area contributed by atoms with Gasteiger partial charge in [-0.05, 0) is 19.3 Å². The first-order valence-corrected chi connectivity index (χ1v) is 6.96. The highest BCUT2D eigenvalue weighted by molar-refractivity contribution is 5.85. The second-order valence-corrected chi connectivity index (χ2v) is 6.00. The number of Topliss-reactive ketones (excluding diaryl/α,β-unsaturated/α-hetero) is 1. The van der Waals surface area contributed by atoms with E-state index in [-0.39, 0.29) is 11.9 Å². The van der Waals surface area contributed by atoms with Gasteiger partial charge in [0.25, 0.3) is 0 Å². The Hall–Kier alpha value is -0.670. The molecule has 3 heteroatoms. The summed E-state index contributed by atoms with van der Waals surface area (Å²) in [4.78, 5) is 12.2. The number of ketones is 1. The Morgan fingerprint density at radius 3 is 2.72 bits per heavy atom. The molecule has 1 heterocycles. The summed E-state index contributed by atoms with van der Waals surface area (Å²) in [6, 6.07) is 0. The van der Waals surface area contributed by atoms with Crippen molar-refractivity contribution in [3.05, 3.63) is 12.7 Å². The second kappa shape index (κ2) is 5.14. The fourth-order valence-corrected chi connectivity index (χ4v) is 2.96. The predicted molar refractivity (Wildman–Crippen MR) is 70.2 cm³/mol. The average molecular weight is 252 g/mol. The lowest BCUT2D eigenvalue weighted by Crippen LogP contribution is -2.50. The molecular formula is C15H24O3. The minimum absolute atomic E-state index is 0.0307. The molecule has 1 saturated heterocycles. The predicted octanol–water partition coefficient (Wildman–Crippen LogP) is 3.23. The van der Waals surface area contributed by atoms with Gasteiger partial charge in [-0.3, -0.25) is 4.79 Å². The molecule has 0 unspecified atom stereocenters. The van der Waals surface area contributed by atoms with Gasteiger partial charge in [-0.2, -0.15) is 0 Å². The first-order chi connectivity index (χ1) is 8.50. The maximum atomic E-state index is 12.2. The fourth-order valence-electron chi connectivity index (χ4n) is 2.96. The lowest BCUT2D eigenvalue weighted by Gasteiger charge is -2.44. The van der Waals surface area contributed by atoms with E-state index >= 15 is 0 Å². The molecule has 1 aliphatic carbocycles. The zero-order chi connectivity index (χ0) is 13.2. The van der Waals surface area contributed by atoms with E-state index in [0.29, 0.717) is 13.0 Å². The van der Waals surface area contributed by atoms with Crippen molar-refractivity contribution in [3.8, 4) is 0 Å². The molecule has 1 spiro atoms. The van der Waals surface area contributed by atoms with E-state index in [0.717, 1.165) is 32.1 Å². The molecule has 0 N–H and O–H groups in total. The van der Waals surface area contributed by atoms with Gasteiger partial charge in [0.2, 0.25) is 0 Å². The smallest absolute Gasteiger partial charge is 0.168 e. The van der Waals surface area contributed by atoms with Crippen LogP contribution in [0.5, 0.6) is 0 Å². The third-order valence-corrected chi connectivity index (χ3v) is 4.32. The number of allylic oxidation sites excluding steroid dienone is 1. The molecule has 1 saturated carbocycles. The van der Waals surface area contributed by atoms with Gasteiger partial charge in [0, 0.05) is 19.3 Å². The Kier molecular flexibility index (Phi) is 3.93. The molecule has 1 aliphatic heterocycles. The standard InChI is InChI=1S/C15H24O3/c1-4-7-12(16)14(2,3)13-8-11-17-15(18-13)9-5-6-10-15/h4,13H,1,5-11H2,2-3H3/t13-/m0/s1. The summed E-state index contributed by atoms with van der Waals surface area (Å²) in [6.07, 6.45) is 7.12. The van der Waals surface area contributed by atoms with Crippen LogP contribution in [-0.2, 0) is 14.3 Å². The molecule has 18 heavy (non-hydrogen) atoms. The summed E-state index contributed by atoms with van der Waals surface area (Å²) in [5.41, 5.74) is -0.451. The highest BCUT2D eigenvalue weighted by Gasteiger charge is 2.47. The van der Waals surface area contributed by atoms with Gasteiger partial charge in [0.15, 0.2) is 5.79 Å². The zero-order valence-electron chi connectivity index (χ0n) is 11.5. The third-order valence-electron chi connectivity index (χ3n) is 4.32. The summed E-state index contributed by atoms with van der Waals surface area (Å²) in [6.45, 7) is 8.31. The first kappa shape index (κ1) is 13.8. The van der Waals surface area contributed by atoms with E-state index in [1.54, 1.807) is 6.08 Å². The van der Waals surface area contributed by atoms with Crippen LogP contribution in [0.3, 0.4) is 0 Å². The van der Waals surface area contributed by atoms with E-state index in [9.17, 15) is 4.79 Å². The number of hydrogen-bond donors (Lipinski definition) is 0. The Morgan fingerprint density at radius 1 is 1.44 bits per heavy atom. The molecule has 2 aliphatic rings. The van der Waals surface area contributed by atoms with Gasteiger partial charge in [-0.15, -0.1) is 6.58 Å². The van der Waals surface area contributed by atoms with Crippen molar-refractivity contribution in [1.29, 1.82) is 0 Å². The van der Waals surface area contributed by atoms with E-state index in [2.05, 4.69) is 6.58 Å². The van der Waals surface area contributed by atoms with Gasteiger partial charge in [0.05, 0.1) is 18.1 Å². The number of hydrogen-bond acceptors (Lipinski definition) is 3. The highest BCUT2D eigenvalue weighted by Crippen LogP contribution is 2.42. The van der Waals surface area contributed by atoms with E-state index in [1.807, 2.05) is 13.8 Å². The monoisotopic (exact) mass is 252 g/mol. The van der Waals surface area contributed by atoms with Crippen molar-refractivity contribution in [2.24, 2.45) is 5.41 Å².